The van der Waals surface area contributed by atoms with Crippen molar-refractivity contribution < 1.29 is 9.59 Å². The lowest BCUT2D eigenvalue weighted by molar-refractivity contribution is -0.139. The minimum absolute atomic E-state index is 0.112. The normalized spacial score (nSPS) is 20.2. The molecule has 1 saturated heterocycles. The first-order chi connectivity index (χ1) is 11.6. The fraction of sp³-hybridized carbons (Fsp3) is 0.667. The highest BCUT2D eigenvalue weighted by Crippen LogP contribution is 2.24. The second kappa shape index (κ2) is 7.83. The minimum Gasteiger partial charge on any atom is -0.353 e. The molecule has 1 aliphatic heterocycles. The Labute approximate surface area is 143 Å². The fourth-order valence-electron chi connectivity index (χ4n) is 3.40. The molecule has 1 unspecified atom stereocenters. The summed E-state index contributed by atoms with van der Waals surface area (Å²) in [6.45, 7) is 2.55. The van der Waals surface area contributed by atoms with Gasteiger partial charge in [-0.1, -0.05) is 12.8 Å². The van der Waals surface area contributed by atoms with Crippen LogP contribution < -0.4 is 10.6 Å². The molecule has 1 aromatic heterocycles. The largest absolute Gasteiger partial charge is 0.353 e. The van der Waals surface area contributed by atoms with E-state index in [0.717, 1.165) is 25.9 Å². The number of hydrogen-bond donors (Lipinski definition) is 2. The summed E-state index contributed by atoms with van der Waals surface area (Å²) < 4.78 is 2.10. The molecule has 2 aliphatic rings. The molecular formula is C18H28N4O2. The summed E-state index contributed by atoms with van der Waals surface area (Å²) in [5.74, 6) is -1.02. The van der Waals surface area contributed by atoms with Gasteiger partial charge in [0.15, 0.2) is 0 Å². The number of carbonyl (C=O) groups excluding carboxylic acids is 2. The van der Waals surface area contributed by atoms with Crippen molar-refractivity contribution in [3.05, 3.63) is 24.0 Å². The van der Waals surface area contributed by atoms with Gasteiger partial charge in [-0.3, -0.25) is 14.5 Å². The third-order valence-electron chi connectivity index (χ3n) is 4.98. The molecule has 0 aromatic carbocycles. The predicted octanol–water partition coefficient (Wildman–Crippen LogP) is 1.34. The van der Waals surface area contributed by atoms with Crippen LogP contribution in [0.25, 0.3) is 0 Å². The first-order valence-corrected chi connectivity index (χ1v) is 9.09. The topological polar surface area (TPSA) is 66.4 Å². The summed E-state index contributed by atoms with van der Waals surface area (Å²) in [4.78, 5) is 26.4. The van der Waals surface area contributed by atoms with Gasteiger partial charge in [-0.05, 0) is 50.9 Å². The second-order valence-electron chi connectivity index (χ2n) is 6.97. The lowest BCUT2D eigenvalue weighted by atomic mass is 10.1. The predicted molar refractivity (Wildman–Crippen MR) is 92.4 cm³/mol. The lowest BCUT2D eigenvalue weighted by Crippen LogP contribution is -2.45. The van der Waals surface area contributed by atoms with E-state index in [0.29, 0.717) is 6.54 Å². The average Bonchev–Trinajstić information content (AvgIpc) is 3.34. The summed E-state index contributed by atoms with van der Waals surface area (Å²) in [6.07, 6.45) is 8.92. The van der Waals surface area contributed by atoms with Gasteiger partial charge in [0.25, 0.3) is 0 Å². The smallest absolute Gasteiger partial charge is 0.309 e. The molecule has 2 fully saturated rings. The van der Waals surface area contributed by atoms with E-state index in [1.54, 1.807) is 0 Å². The minimum atomic E-state index is -0.518. The molecule has 1 saturated carbocycles. The van der Waals surface area contributed by atoms with Crippen LogP contribution in [0.3, 0.4) is 0 Å². The van der Waals surface area contributed by atoms with Gasteiger partial charge in [0, 0.05) is 31.5 Å². The Morgan fingerprint density at radius 2 is 1.88 bits per heavy atom. The van der Waals surface area contributed by atoms with Gasteiger partial charge in [0.05, 0.1) is 6.04 Å². The molecule has 0 radical (unpaired) electrons. The maximum absolute atomic E-state index is 12.1. The standard InChI is InChI=1S/C18H28N4O2/c1-21-10-6-7-15(21)16(22-11-4-2-3-5-12-22)13-19-17(23)18(24)20-14-8-9-14/h6-7,10,14,16H,2-5,8-9,11-13H2,1H3,(H,19,23)(H,20,24). The maximum atomic E-state index is 12.1. The highest BCUT2D eigenvalue weighted by molar-refractivity contribution is 6.35. The molecule has 0 spiro atoms. The van der Waals surface area contributed by atoms with Gasteiger partial charge in [-0.15, -0.1) is 0 Å². The highest BCUT2D eigenvalue weighted by atomic mass is 16.2. The number of aromatic nitrogens is 1. The van der Waals surface area contributed by atoms with E-state index < -0.39 is 11.8 Å². The molecule has 2 N–H and O–H groups in total. The van der Waals surface area contributed by atoms with Crippen LogP contribution in [-0.2, 0) is 16.6 Å². The maximum Gasteiger partial charge on any atom is 0.309 e. The van der Waals surface area contributed by atoms with Gasteiger partial charge in [-0.2, -0.15) is 0 Å². The Morgan fingerprint density at radius 1 is 1.17 bits per heavy atom. The molecule has 2 heterocycles. The van der Waals surface area contributed by atoms with Crippen molar-refractivity contribution in [2.24, 2.45) is 7.05 Å². The van der Waals surface area contributed by atoms with E-state index in [-0.39, 0.29) is 12.1 Å². The van der Waals surface area contributed by atoms with E-state index in [1.165, 1.54) is 31.4 Å². The molecule has 1 atom stereocenters. The molecule has 132 valence electrons. The molecule has 24 heavy (non-hydrogen) atoms. The molecule has 0 bridgehead atoms. The first kappa shape index (κ1) is 17.0. The van der Waals surface area contributed by atoms with Crippen LogP contribution in [0.5, 0.6) is 0 Å². The van der Waals surface area contributed by atoms with Gasteiger partial charge < -0.3 is 15.2 Å². The van der Waals surface area contributed by atoms with Crippen LogP contribution in [0.2, 0.25) is 0 Å². The zero-order chi connectivity index (χ0) is 16.9. The highest BCUT2D eigenvalue weighted by Gasteiger charge is 2.28. The Kier molecular flexibility index (Phi) is 5.56. The molecule has 3 rings (SSSR count). The fourth-order valence-corrected chi connectivity index (χ4v) is 3.40. The number of likely N-dealkylation sites (tertiary alicyclic amines) is 1. The zero-order valence-corrected chi connectivity index (χ0v) is 14.5. The van der Waals surface area contributed by atoms with E-state index in [4.69, 9.17) is 0 Å². The summed E-state index contributed by atoms with van der Waals surface area (Å²) in [5.41, 5.74) is 1.18. The van der Waals surface area contributed by atoms with Crippen molar-refractivity contribution in [3.63, 3.8) is 0 Å². The summed E-state index contributed by atoms with van der Waals surface area (Å²) in [6, 6.07) is 4.45. The molecule has 1 aromatic rings. The Balaban J connectivity index is 1.64. The van der Waals surface area contributed by atoms with Crippen LogP contribution in [0.4, 0.5) is 0 Å². The van der Waals surface area contributed by atoms with Crippen LogP contribution in [0, 0.1) is 0 Å². The van der Waals surface area contributed by atoms with Crippen molar-refractivity contribution in [2.45, 2.75) is 50.6 Å². The van der Waals surface area contributed by atoms with Crippen LogP contribution in [0.15, 0.2) is 18.3 Å². The van der Waals surface area contributed by atoms with Gasteiger partial charge in [0.1, 0.15) is 0 Å². The molecule has 2 amide bonds. The number of amides is 2. The second-order valence-corrected chi connectivity index (χ2v) is 6.97. The molecular weight excluding hydrogens is 304 g/mol. The molecule has 6 nitrogen and oxygen atoms in total. The van der Waals surface area contributed by atoms with E-state index in [2.05, 4.69) is 26.2 Å². The van der Waals surface area contributed by atoms with E-state index >= 15 is 0 Å². The van der Waals surface area contributed by atoms with Crippen LogP contribution in [-0.4, -0.2) is 47.0 Å². The van der Waals surface area contributed by atoms with Crippen LogP contribution >= 0.6 is 0 Å². The monoisotopic (exact) mass is 332 g/mol. The van der Waals surface area contributed by atoms with Gasteiger partial charge >= 0.3 is 11.8 Å². The SMILES string of the molecule is Cn1cccc1C(CNC(=O)C(=O)NC1CC1)N1CCCCCC1. The van der Waals surface area contributed by atoms with Crippen molar-refractivity contribution in [1.29, 1.82) is 0 Å². The summed E-state index contributed by atoms with van der Waals surface area (Å²) in [5, 5.41) is 5.59. The van der Waals surface area contributed by atoms with Gasteiger partial charge in [-0.25, -0.2) is 0 Å². The quantitative estimate of drug-likeness (QED) is 0.800. The first-order valence-electron chi connectivity index (χ1n) is 9.09. The average molecular weight is 332 g/mol. The van der Waals surface area contributed by atoms with E-state index in [1.807, 2.05) is 19.3 Å². The number of hydrogen-bond acceptors (Lipinski definition) is 3. The Morgan fingerprint density at radius 3 is 2.46 bits per heavy atom. The van der Waals surface area contributed by atoms with E-state index in [9.17, 15) is 9.59 Å². The third kappa shape index (κ3) is 4.38. The Hall–Kier alpha value is -1.82. The van der Waals surface area contributed by atoms with Crippen molar-refractivity contribution in [3.8, 4) is 0 Å². The van der Waals surface area contributed by atoms with Gasteiger partial charge in [0.2, 0.25) is 0 Å². The number of nitrogens with one attached hydrogen (secondary N) is 2. The number of rotatable bonds is 5. The molecule has 6 heteroatoms. The zero-order valence-electron chi connectivity index (χ0n) is 14.5. The lowest BCUT2D eigenvalue weighted by Gasteiger charge is -2.31. The summed E-state index contributed by atoms with van der Waals surface area (Å²) in [7, 11) is 2.03. The number of nitrogens with zero attached hydrogens (tertiary/aromatic N) is 2. The molecule has 1 aliphatic carbocycles. The number of aryl methyl sites for hydroxylation is 1. The van der Waals surface area contributed by atoms with Crippen LogP contribution in [0.1, 0.15) is 50.3 Å². The number of carbonyl (C=O) groups is 2. The van der Waals surface area contributed by atoms with Crippen molar-refractivity contribution >= 4 is 11.8 Å². The Bertz CT molecular complexity index is 571. The third-order valence-corrected chi connectivity index (χ3v) is 4.98. The van der Waals surface area contributed by atoms with Crippen molar-refractivity contribution in [1.82, 2.24) is 20.1 Å². The van der Waals surface area contributed by atoms with Crippen molar-refractivity contribution in [2.75, 3.05) is 19.6 Å². The summed E-state index contributed by atoms with van der Waals surface area (Å²) >= 11 is 0.